The van der Waals surface area contributed by atoms with Crippen LogP contribution in [0.15, 0.2) is 42.7 Å². The summed E-state index contributed by atoms with van der Waals surface area (Å²) in [5.41, 5.74) is 1.33. The van der Waals surface area contributed by atoms with Crippen molar-refractivity contribution < 1.29 is 4.39 Å². The van der Waals surface area contributed by atoms with E-state index in [1.807, 2.05) is 6.07 Å². The van der Waals surface area contributed by atoms with E-state index < -0.39 is 5.95 Å². The van der Waals surface area contributed by atoms with Crippen LogP contribution in [0.3, 0.4) is 0 Å². The molecule has 110 valence electrons. The Morgan fingerprint density at radius 2 is 1.86 bits per heavy atom. The second-order valence-electron chi connectivity index (χ2n) is 5.30. The van der Waals surface area contributed by atoms with Gasteiger partial charge in [0.2, 0.25) is 5.95 Å². The van der Waals surface area contributed by atoms with E-state index in [9.17, 15) is 4.39 Å². The van der Waals surface area contributed by atoms with Crippen molar-refractivity contribution in [1.82, 2.24) is 14.9 Å². The van der Waals surface area contributed by atoms with Crippen molar-refractivity contribution in [3.8, 4) is 0 Å². The summed E-state index contributed by atoms with van der Waals surface area (Å²) in [4.78, 5) is 12.3. The van der Waals surface area contributed by atoms with Crippen LogP contribution in [0.5, 0.6) is 0 Å². The molecule has 0 atom stereocenters. The van der Waals surface area contributed by atoms with E-state index in [-0.39, 0.29) is 0 Å². The first-order valence-electron chi connectivity index (χ1n) is 7.30. The van der Waals surface area contributed by atoms with Crippen molar-refractivity contribution in [2.45, 2.75) is 13.0 Å². The van der Waals surface area contributed by atoms with Gasteiger partial charge in [0.05, 0.1) is 0 Å². The number of halogens is 1. The molecule has 0 bridgehead atoms. The normalized spacial score (nSPS) is 16.7. The summed E-state index contributed by atoms with van der Waals surface area (Å²) in [5, 5.41) is 0. The Labute approximate surface area is 124 Å². The van der Waals surface area contributed by atoms with E-state index in [2.05, 4.69) is 44.0 Å². The second-order valence-corrected chi connectivity index (χ2v) is 5.30. The summed E-state index contributed by atoms with van der Waals surface area (Å²) in [6.07, 6.45) is 2.34. The molecule has 0 unspecified atom stereocenters. The maximum atomic E-state index is 13.2. The van der Waals surface area contributed by atoms with E-state index in [4.69, 9.17) is 0 Å². The van der Waals surface area contributed by atoms with E-state index in [0.29, 0.717) is 5.82 Å². The fourth-order valence-electron chi connectivity index (χ4n) is 2.70. The predicted molar refractivity (Wildman–Crippen MR) is 80.5 cm³/mol. The maximum Gasteiger partial charge on any atom is 0.218 e. The minimum atomic E-state index is -0.467. The summed E-state index contributed by atoms with van der Waals surface area (Å²) in [7, 11) is 0. The van der Waals surface area contributed by atoms with Crippen molar-refractivity contribution in [2.24, 2.45) is 0 Å². The van der Waals surface area contributed by atoms with Gasteiger partial charge in [0.1, 0.15) is 12.1 Å². The molecule has 1 aromatic heterocycles. The van der Waals surface area contributed by atoms with Crippen LogP contribution in [-0.4, -0.2) is 41.0 Å². The first-order valence-corrected chi connectivity index (χ1v) is 7.30. The molecule has 1 aliphatic heterocycles. The lowest BCUT2D eigenvalue weighted by Gasteiger charge is -2.22. The van der Waals surface area contributed by atoms with Gasteiger partial charge >= 0.3 is 0 Å². The maximum absolute atomic E-state index is 13.2. The number of hydrogen-bond donors (Lipinski definition) is 0. The number of hydrogen-bond acceptors (Lipinski definition) is 4. The molecule has 21 heavy (non-hydrogen) atoms. The number of nitrogens with zero attached hydrogens (tertiary/aromatic N) is 4. The molecule has 1 fully saturated rings. The van der Waals surface area contributed by atoms with Gasteiger partial charge < -0.3 is 4.90 Å². The molecule has 1 aliphatic rings. The Morgan fingerprint density at radius 1 is 1.00 bits per heavy atom. The van der Waals surface area contributed by atoms with Gasteiger partial charge in [0.15, 0.2) is 0 Å². The van der Waals surface area contributed by atoms with Crippen LogP contribution in [0.1, 0.15) is 12.0 Å². The van der Waals surface area contributed by atoms with Crippen molar-refractivity contribution in [3.63, 3.8) is 0 Å². The van der Waals surface area contributed by atoms with Gasteiger partial charge in [-0.15, -0.1) is 0 Å². The van der Waals surface area contributed by atoms with Crippen LogP contribution >= 0.6 is 0 Å². The number of benzene rings is 1. The Balaban J connectivity index is 1.62. The number of rotatable bonds is 3. The highest BCUT2D eigenvalue weighted by Crippen LogP contribution is 2.15. The molecule has 3 rings (SSSR count). The van der Waals surface area contributed by atoms with Gasteiger partial charge in [-0.1, -0.05) is 30.3 Å². The van der Waals surface area contributed by atoms with E-state index in [1.54, 1.807) is 0 Å². The molecular formula is C16H19FN4. The van der Waals surface area contributed by atoms with Crippen molar-refractivity contribution in [3.05, 3.63) is 54.2 Å². The highest BCUT2D eigenvalue weighted by molar-refractivity contribution is 5.37. The molecule has 0 spiro atoms. The SMILES string of the molecule is Fc1cc(N2CCCN(Cc3ccccc3)CC2)ncn1. The third kappa shape index (κ3) is 3.76. The third-order valence-electron chi connectivity index (χ3n) is 3.78. The minimum absolute atomic E-state index is 0.467. The van der Waals surface area contributed by atoms with Crippen LogP contribution in [0.2, 0.25) is 0 Å². The third-order valence-corrected chi connectivity index (χ3v) is 3.78. The summed E-state index contributed by atoms with van der Waals surface area (Å²) < 4.78 is 13.2. The number of anilines is 1. The molecule has 0 N–H and O–H groups in total. The Kier molecular flexibility index (Phi) is 4.40. The molecule has 1 saturated heterocycles. The lowest BCUT2D eigenvalue weighted by Crippen LogP contribution is -2.31. The minimum Gasteiger partial charge on any atom is -0.355 e. The Morgan fingerprint density at radius 3 is 2.67 bits per heavy atom. The summed E-state index contributed by atoms with van der Waals surface area (Å²) in [6, 6.07) is 11.9. The quantitative estimate of drug-likeness (QED) is 0.811. The fraction of sp³-hybridized carbons (Fsp3) is 0.375. The van der Waals surface area contributed by atoms with Gasteiger partial charge in [-0.25, -0.2) is 9.97 Å². The van der Waals surface area contributed by atoms with E-state index in [0.717, 1.165) is 39.1 Å². The average Bonchev–Trinajstić information content (AvgIpc) is 2.74. The molecule has 0 radical (unpaired) electrons. The molecule has 0 amide bonds. The average molecular weight is 286 g/mol. The molecule has 2 aromatic rings. The summed E-state index contributed by atoms with van der Waals surface area (Å²) >= 11 is 0. The standard InChI is InChI=1S/C16H19FN4/c17-15-11-16(19-13-18-15)21-8-4-7-20(9-10-21)12-14-5-2-1-3-6-14/h1-3,5-6,11,13H,4,7-10,12H2. The van der Waals surface area contributed by atoms with E-state index in [1.165, 1.54) is 18.0 Å². The van der Waals surface area contributed by atoms with Crippen molar-refractivity contribution >= 4 is 5.82 Å². The van der Waals surface area contributed by atoms with Crippen LogP contribution in [0.4, 0.5) is 10.2 Å². The lowest BCUT2D eigenvalue weighted by molar-refractivity contribution is 0.285. The zero-order valence-electron chi connectivity index (χ0n) is 12.0. The highest BCUT2D eigenvalue weighted by Gasteiger charge is 2.16. The van der Waals surface area contributed by atoms with Crippen molar-refractivity contribution in [1.29, 1.82) is 0 Å². The summed E-state index contributed by atoms with van der Waals surface area (Å²) in [6.45, 7) is 4.75. The van der Waals surface area contributed by atoms with Crippen LogP contribution in [0, 0.1) is 5.95 Å². The zero-order chi connectivity index (χ0) is 14.5. The molecule has 0 aliphatic carbocycles. The largest absolute Gasteiger partial charge is 0.355 e. The van der Waals surface area contributed by atoms with Gasteiger partial charge in [-0.3, -0.25) is 4.90 Å². The molecule has 0 saturated carbocycles. The van der Waals surface area contributed by atoms with Crippen molar-refractivity contribution in [2.75, 3.05) is 31.1 Å². The monoisotopic (exact) mass is 286 g/mol. The zero-order valence-corrected chi connectivity index (χ0v) is 12.0. The van der Waals surface area contributed by atoms with Gasteiger partial charge in [0, 0.05) is 38.8 Å². The van der Waals surface area contributed by atoms with E-state index >= 15 is 0 Å². The highest BCUT2D eigenvalue weighted by atomic mass is 19.1. The second kappa shape index (κ2) is 6.63. The lowest BCUT2D eigenvalue weighted by atomic mass is 10.2. The smallest absolute Gasteiger partial charge is 0.218 e. The predicted octanol–water partition coefficient (Wildman–Crippen LogP) is 2.33. The molecule has 2 heterocycles. The van der Waals surface area contributed by atoms with Gasteiger partial charge in [0.25, 0.3) is 0 Å². The first-order chi connectivity index (χ1) is 10.3. The number of aromatic nitrogens is 2. The molecule has 1 aromatic carbocycles. The summed E-state index contributed by atoms with van der Waals surface area (Å²) in [5.74, 6) is 0.217. The fourth-order valence-corrected chi connectivity index (χ4v) is 2.70. The molecule has 4 nitrogen and oxygen atoms in total. The molecular weight excluding hydrogens is 267 g/mol. The first kappa shape index (κ1) is 13.9. The molecule has 5 heteroatoms. The van der Waals surface area contributed by atoms with Crippen LogP contribution in [-0.2, 0) is 6.54 Å². The topological polar surface area (TPSA) is 32.3 Å². The Bertz CT molecular complexity index is 575. The van der Waals surface area contributed by atoms with Gasteiger partial charge in [-0.2, -0.15) is 4.39 Å². The van der Waals surface area contributed by atoms with Gasteiger partial charge in [-0.05, 0) is 12.0 Å². The Hall–Kier alpha value is -2.01. The van der Waals surface area contributed by atoms with Crippen LogP contribution in [0.25, 0.3) is 0 Å². The van der Waals surface area contributed by atoms with Crippen LogP contribution < -0.4 is 4.90 Å².